The Balaban J connectivity index is 1.78. The average Bonchev–Trinajstić information content (AvgIpc) is 2.94. The summed E-state index contributed by atoms with van der Waals surface area (Å²) >= 11 is 0. The Morgan fingerprint density at radius 1 is 1.30 bits per heavy atom. The van der Waals surface area contributed by atoms with Crippen LogP contribution in [0.25, 0.3) is 0 Å². The Labute approximate surface area is 156 Å². The lowest BCUT2D eigenvalue weighted by atomic mass is 10.0. The smallest absolute Gasteiger partial charge is 0.310 e. The molecule has 0 amide bonds. The van der Waals surface area contributed by atoms with Gasteiger partial charge in [-0.1, -0.05) is 12.1 Å². The maximum Gasteiger partial charge on any atom is 0.310 e. The second-order valence-corrected chi connectivity index (χ2v) is 8.25. The molecule has 142 valence electrons. The molecule has 0 fully saturated rings. The number of anilines is 1. The number of nitrogens with zero attached hydrogens (tertiary/aromatic N) is 2. The van der Waals surface area contributed by atoms with E-state index in [0.717, 1.165) is 11.8 Å². The Hall–Kier alpha value is -2.94. The van der Waals surface area contributed by atoms with Crippen LogP contribution in [0.4, 0.5) is 11.4 Å². The van der Waals surface area contributed by atoms with E-state index in [1.54, 1.807) is 31.2 Å². The lowest BCUT2D eigenvalue weighted by Gasteiger charge is -2.21. The van der Waals surface area contributed by atoms with Crippen molar-refractivity contribution in [1.29, 1.82) is 0 Å². The molecule has 1 atom stereocenters. The first-order valence-corrected chi connectivity index (χ1v) is 10.0. The average molecular weight is 390 g/mol. The van der Waals surface area contributed by atoms with Gasteiger partial charge in [0.2, 0.25) is 10.0 Å². The summed E-state index contributed by atoms with van der Waals surface area (Å²) in [6.45, 7) is 1.45. The maximum atomic E-state index is 12.4. The van der Waals surface area contributed by atoms with Crippen LogP contribution in [-0.4, -0.2) is 38.0 Å². The molecule has 0 N–H and O–H groups in total. The number of fused-ring (bicyclic) bond motifs is 1. The topological polar surface area (TPSA) is 107 Å². The number of carbonyl (C=O) groups excluding carboxylic acids is 1. The van der Waals surface area contributed by atoms with Gasteiger partial charge in [-0.25, -0.2) is 8.42 Å². The third kappa shape index (κ3) is 3.77. The molecule has 8 nitrogen and oxygen atoms in total. The summed E-state index contributed by atoms with van der Waals surface area (Å²) in [5.41, 5.74) is 1.50. The van der Waals surface area contributed by atoms with E-state index >= 15 is 0 Å². The molecule has 0 aliphatic carbocycles. The number of hydrogen-bond donors (Lipinski definition) is 0. The van der Waals surface area contributed by atoms with Gasteiger partial charge in [-0.05, 0) is 43.2 Å². The van der Waals surface area contributed by atoms with Crippen molar-refractivity contribution < 1.29 is 22.9 Å². The molecule has 2 aromatic carbocycles. The molecule has 0 saturated carbocycles. The van der Waals surface area contributed by atoms with E-state index in [1.807, 2.05) is 0 Å². The zero-order valence-electron chi connectivity index (χ0n) is 14.8. The molecule has 3 rings (SSSR count). The van der Waals surface area contributed by atoms with Crippen LogP contribution >= 0.6 is 0 Å². The summed E-state index contributed by atoms with van der Waals surface area (Å²) in [4.78, 5) is 22.9. The summed E-state index contributed by atoms with van der Waals surface area (Å²) in [7, 11) is -3.40. The molecule has 0 aromatic heterocycles. The SMILES string of the molecule is C[C@H]1Cc2cc(C(=O)COc3ccccc3[N+](=O)[O-])ccc2N1S(C)(=O)=O. The van der Waals surface area contributed by atoms with Gasteiger partial charge in [0.15, 0.2) is 18.1 Å². The maximum absolute atomic E-state index is 12.4. The van der Waals surface area contributed by atoms with Crippen molar-refractivity contribution in [3.05, 3.63) is 63.7 Å². The first kappa shape index (κ1) is 18.8. The predicted molar refractivity (Wildman–Crippen MR) is 99.9 cm³/mol. The van der Waals surface area contributed by atoms with E-state index in [0.29, 0.717) is 17.7 Å². The molecule has 0 spiro atoms. The number of carbonyl (C=O) groups is 1. The number of benzene rings is 2. The van der Waals surface area contributed by atoms with Crippen LogP contribution < -0.4 is 9.04 Å². The van der Waals surface area contributed by atoms with Crippen molar-refractivity contribution in [2.75, 3.05) is 17.2 Å². The van der Waals surface area contributed by atoms with Gasteiger partial charge in [-0.3, -0.25) is 19.2 Å². The molecule has 2 aromatic rings. The fourth-order valence-electron chi connectivity index (χ4n) is 3.24. The van der Waals surface area contributed by atoms with Gasteiger partial charge in [-0.2, -0.15) is 0 Å². The van der Waals surface area contributed by atoms with Crippen LogP contribution in [0.2, 0.25) is 0 Å². The standard InChI is InChI=1S/C18H18N2O6S/c1-12-9-14-10-13(7-8-15(14)19(12)27(2,24)25)17(21)11-26-18-6-4-3-5-16(18)20(22)23/h3-8,10,12H,9,11H2,1-2H3/t12-/m0/s1. The van der Waals surface area contributed by atoms with Gasteiger partial charge in [0.05, 0.1) is 16.9 Å². The minimum Gasteiger partial charge on any atom is -0.478 e. The third-order valence-corrected chi connectivity index (χ3v) is 5.60. The molecular weight excluding hydrogens is 372 g/mol. The first-order valence-electron chi connectivity index (χ1n) is 8.20. The van der Waals surface area contributed by atoms with Gasteiger partial charge in [-0.15, -0.1) is 0 Å². The lowest BCUT2D eigenvalue weighted by Crippen LogP contribution is -2.34. The van der Waals surface area contributed by atoms with E-state index in [-0.39, 0.29) is 29.9 Å². The summed E-state index contributed by atoms with van der Waals surface area (Å²) in [5, 5.41) is 11.0. The highest BCUT2D eigenvalue weighted by Crippen LogP contribution is 2.35. The van der Waals surface area contributed by atoms with Crippen molar-refractivity contribution in [1.82, 2.24) is 0 Å². The van der Waals surface area contributed by atoms with E-state index < -0.39 is 14.9 Å². The second kappa shape index (κ2) is 6.99. The lowest BCUT2D eigenvalue weighted by molar-refractivity contribution is -0.385. The molecule has 1 heterocycles. The van der Waals surface area contributed by atoms with Crippen molar-refractivity contribution in [2.45, 2.75) is 19.4 Å². The largest absolute Gasteiger partial charge is 0.478 e. The van der Waals surface area contributed by atoms with Crippen LogP contribution in [0, 0.1) is 10.1 Å². The molecule has 0 saturated heterocycles. The predicted octanol–water partition coefficient (Wildman–Crippen LogP) is 2.57. The Bertz CT molecular complexity index is 1020. The van der Waals surface area contributed by atoms with Gasteiger partial charge in [0.25, 0.3) is 0 Å². The highest BCUT2D eigenvalue weighted by molar-refractivity contribution is 7.92. The summed E-state index contributed by atoms with van der Waals surface area (Å²) < 4.78 is 30.6. The highest BCUT2D eigenvalue weighted by atomic mass is 32.2. The summed E-state index contributed by atoms with van der Waals surface area (Å²) in [6, 6.07) is 10.4. The molecular formula is C18H18N2O6S. The normalized spacial score (nSPS) is 16.1. The van der Waals surface area contributed by atoms with E-state index in [2.05, 4.69) is 0 Å². The van der Waals surface area contributed by atoms with Crippen molar-refractivity contribution in [3.8, 4) is 5.75 Å². The first-order chi connectivity index (χ1) is 12.7. The van der Waals surface area contributed by atoms with Crippen LogP contribution in [-0.2, 0) is 16.4 Å². The number of ketones is 1. The number of sulfonamides is 1. The van der Waals surface area contributed by atoms with Crippen molar-refractivity contribution in [2.24, 2.45) is 0 Å². The third-order valence-electron chi connectivity index (χ3n) is 4.33. The Morgan fingerprint density at radius 3 is 2.67 bits per heavy atom. The van der Waals surface area contributed by atoms with Crippen molar-refractivity contribution in [3.63, 3.8) is 0 Å². The number of rotatable bonds is 6. The van der Waals surface area contributed by atoms with E-state index in [1.165, 1.54) is 22.5 Å². The molecule has 0 radical (unpaired) electrons. The number of nitro groups is 1. The highest BCUT2D eigenvalue weighted by Gasteiger charge is 2.32. The minimum atomic E-state index is -3.40. The van der Waals surface area contributed by atoms with Gasteiger partial charge in [0, 0.05) is 17.7 Å². The quantitative estimate of drug-likeness (QED) is 0.426. The van der Waals surface area contributed by atoms with E-state index in [9.17, 15) is 23.3 Å². The van der Waals surface area contributed by atoms with Crippen LogP contribution in [0.3, 0.4) is 0 Å². The number of nitro benzene ring substituents is 1. The number of hydrogen-bond acceptors (Lipinski definition) is 6. The van der Waals surface area contributed by atoms with Crippen molar-refractivity contribution >= 4 is 27.2 Å². The number of Topliss-reactive ketones (excluding diaryl/α,β-unsaturated/α-hetero) is 1. The van der Waals surface area contributed by atoms with Crippen LogP contribution in [0.5, 0.6) is 5.75 Å². The fourth-order valence-corrected chi connectivity index (χ4v) is 4.50. The number of para-hydroxylation sites is 2. The molecule has 9 heteroatoms. The fraction of sp³-hybridized carbons (Fsp3) is 0.278. The molecule has 1 aliphatic rings. The molecule has 0 unspecified atom stereocenters. The van der Waals surface area contributed by atoms with E-state index in [4.69, 9.17) is 4.74 Å². The monoisotopic (exact) mass is 390 g/mol. The van der Waals surface area contributed by atoms with Crippen LogP contribution in [0.1, 0.15) is 22.8 Å². The van der Waals surface area contributed by atoms with Gasteiger partial charge < -0.3 is 4.74 Å². The van der Waals surface area contributed by atoms with Gasteiger partial charge >= 0.3 is 5.69 Å². The van der Waals surface area contributed by atoms with Gasteiger partial charge in [0.1, 0.15) is 0 Å². The number of ether oxygens (including phenoxy) is 1. The zero-order chi connectivity index (χ0) is 19.8. The molecule has 0 bridgehead atoms. The molecule has 1 aliphatic heterocycles. The summed E-state index contributed by atoms with van der Waals surface area (Å²) in [5.74, 6) is -0.324. The Morgan fingerprint density at radius 2 is 2.00 bits per heavy atom. The van der Waals surface area contributed by atoms with Crippen LogP contribution in [0.15, 0.2) is 42.5 Å². The second-order valence-electron chi connectivity index (χ2n) is 6.39. The molecule has 27 heavy (non-hydrogen) atoms. The minimum absolute atomic E-state index is 0.0221. The zero-order valence-corrected chi connectivity index (χ0v) is 15.6. The summed E-state index contributed by atoms with van der Waals surface area (Å²) in [6.07, 6.45) is 1.66. The Kier molecular flexibility index (Phi) is 4.88.